The van der Waals surface area contributed by atoms with Crippen molar-refractivity contribution >= 4 is 55.9 Å². The van der Waals surface area contributed by atoms with Crippen molar-refractivity contribution in [3.8, 4) is 0 Å². The van der Waals surface area contributed by atoms with E-state index in [0.29, 0.717) is 19.6 Å². The van der Waals surface area contributed by atoms with Gasteiger partial charge in [-0.05, 0) is 42.3 Å². The second-order valence-electron chi connectivity index (χ2n) is 7.74. The summed E-state index contributed by atoms with van der Waals surface area (Å²) in [6.45, 7) is 2.89. The van der Waals surface area contributed by atoms with Gasteiger partial charge in [0.15, 0.2) is 0 Å². The number of nitrogens with zero attached hydrogens (tertiary/aromatic N) is 3. The van der Waals surface area contributed by atoms with Crippen LogP contribution in [-0.2, 0) is 9.53 Å². The van der Waals surface area contributed by atoms with Gasteiger partial charge in [-0.25, -0.2) is 9.97 Å². The van der Waals surface area contributed by atoms with Gasteiger partial charge in [0.1, 0.15) is 10.8 Å². The van der Waals surface area contributed by atoms with Crippen LogP contribution < -0.4 is 4.90 Å². The lowest BCUT2D eigenvalue weighted by Gasteiger charge is -2.29. The summed E-state index contributed by atoms with van der Waals surface area (Å²) in [7, 11) is 0. The van der Waals surface area contributed by atoms with E-state index in [2.05, 4.69) is 23.1 Å². The molecule has 3 heterocycles. The van der Waals surface area contributed by atoms with Crippen LogP contribution >= 0.6 is 11.3 Å². The molecule has 162 valence electrons. The number of anilines is 1. The minimum atomic E-state index is -0.818. The molecule has 0 radical (unpaired) electrons. The Kier molecular flexibility index (Phi) is 5.83. The summed E-state index contributed by atoms with van der Waals surface area (Å²) in [5.74, 6) is 0.0861. The van der Waals surface area contributed by atoms with E-state index in [9.17, 15) is 9.90 Å². The number of morpholine rings is 1. The average molecular weight is 446 g/mol. The second kappa shape index (κ2) is 9.06. The van der Waals surface area contributed by atoms with Crippen LogP contribution in [0.4, 0.5) is 5.82 Å². The van der Waals surface area contributed by atoms with Gasteiger partial charge in [0.2, 0.25) is 0 Å². The van der Waals surface area contributed by atoms with E-state index in [0.717, 1.165) is 56.2 Å². The maximum absolute atomic E-state index is 11.4. The molecule has 0 spiro atoms. The normalized spacial score (nSPS) is 14.9. The minimum absolute atomic E-state index is 0.0512. The van der Waals surface area contributed by atoms with Crippen molar-refractivity contribution in [1.29, 1.82) is 0 Å². The number of rotatable bonds is 6. The number of pyridine rings is 1. The molecule has 0 unspecified atom stereocenters. The summed E-state index contributed by atoms with van der Waals surface area (Å²) in [5.41, 5.74) is 3.77. The summed E-state index contributed by atoms with van der Waals surface area (Å²) in [6.07, 6.45) is 2.53. The van der Waals surface area contributed by atoms with Gasteiger partial charge in [-0.3, -0.25) is 4.79 Å². The fourth-order valence-corrected chi connectivity index (χ4v) is 4.95. The Bertz CT molecular complexity index is 1280. The molecule has 2 aromatic carbocycles. The van der Waals surface area contributed by atoms with E-state index in [4.69, 9.17) is 14.7 Å². The van der Waals surface area contributed by atoms with Gasteiger partial charge in [0.25, 0.3) is 0 Å². The zero-order valence-corrected chi connectivity index (χ0v) is 18.3. The van der Waals surface area contributed by atoms with E-state index < -0.39 is 5.97 Å². The topological polar surface area (TPSA) is 75.5 Å². The highest BCUT2D eigenvalue weighted by Gasteiger charge is 2.18. The third kappa shape index (κ3) is 4.35. The second-order valence-corrected chi connectivity index (χ2v) is 8.77. The lowest BCUT2D eigenvalue weighted by Crippen LogP contribution is -2.37. The van der Waals surface area contributed by atoms with Crippen LogP contribution in [0.15, 0.2) is 54.6 Å². The summed E-state index contributed by atoms with van der Waals surface area (Å²) in [5, 5.41) is 11.2. The van der Waals surface area contributed by atoms with Crippen molar-refractivity contribution < 1.29 is 14.6 Å². The fraction of sp³-hybridized carbons (Fsp3) is 0.240. The number of ether oxygens (including phenoxy) is 1. The average Bonchev–Trinajstić information content (AvgIpc) is 3.26. The summed E-state index contributed by atoms with van der Waals surface area (Å²) in [4.78, 5) is 23.4. The van der Waals surface area contributed by atoms with E-state index >= 15 is 0 Å². The van der Waals surface area contributed by atoms with Crippen molar-refractivity contribution in [3.05, 3.63) is 65.2 Å². The molecule has 1 fully saturated rings. The van der Waals surface area contributed by atoms with Gasteiger partial charge in [-0.2, -0.15) is 0 Å². The molecule has 4 aromatic rings. The van der Waals surface area contributed by atoms with E-state index in [-0.39, 0.29) is 6.42 Å². The summed E-state index contributed by atoms with van der Waals surface area (Å²) < 4.78 is 6.63. The largest absolute Gasteiger partial charge is 0.481 e. The number of hydrogen-bond acceptors (Lipinski definition) is 6. The van der Waals surface area contributed by atoms with Crippen molar-refractivity contribution in [2.75, 3.05) is 31.2 Å². The van der Waals surface area contributed by atoms with Crippen LogP contribution in [0.1, 0.15) is 23.4 Å². The Morgan fingerprint density at radius 2 is 1.78 bits per heavy atom. The molecule has 0 aliphatic carbocycles. The van der Waals surface area contributed by atoms with Crippen LogP contribution in [-0.4, -0.2) is 47.3 Å². The quantitative estimate of drug-likeness (QED) is 0.446. The van der Waals surface area contributed by atoms with Crippen molar-refractivity contribution in [3.63, 3.8) is 0 Å². The third-order valence-corrected chi connectivity index (χ3v) is 6.66. The number of hydrogen-bond donors (Lipinski definition) is 1. The lowest BCUT2D eigenvalue weighted by atomic mass is 10.0. The molecular formula is C25H23N3O3S. The number of carboxylic acid groups (broad SMARTS) is 1. The molecule has 7 heteroatoms. The lowest BCUT2D eigenvalue weighted by molar-refractivity contribution is -0.136. The predicted molar refractivity (Wildman–Crippen MR) is 129 cm³/mol. The van der Waals surface area contributed by atoms with Crippen LogP contribution in [0, 0.1) is 0 Å². The predicted octanol–water partition coefficient (Wildman–Crippen LogP) is 5.09. The Morgan fingerprint density at radius 1 is 1.03 bits per heavy atom. The SMILES string of the molecule is O=C(O)CC/C(=C/c1cc2ccccc2nc1N1CCOCC1)c1nc2ccccc2s1. The van der Waals surface area contributed by atoms with Crippen LogP contribution in [0.3, 0.4) is 0 Å². The molecule has 5 rings (SSSR count). The van der Waals surface area contributed by atoms with Gasteiger partial charge >= 0.3 is 5.97 Å². The molecule has 1 saturated heterocycles. The number of thiazole rings is 1. The molecule has 1 aliphatic rings. The molecule has 0 amide bonds. The molecule has 32 heavy (non-hydrogen) atoms. The zero-order valence-electron chi connectivity index (χ0n) is 17.5. The number of allylic oxidation sites excluding steroid dienone is 1. The van der Waals surface area contributed by atoms with Gasteiger partial charge in [0, 0.05) is 30.5 Å². The van der Waals surface area contributed by atoms with E-state index in [1.165, 1.54) is 0 Å². The molecule has 2 aromatic heterocycles. The van der Waals surface area contributed by atoms with Gasteiger partial charge in [0.05, 0.1) is 28.9 Å². The number of fused-ring (bicyclic) bond motifs is 2. The van der Waals surface area contributed by atoms with E-state index in [1.54, 1.807) is 11.3 Å². The highest BCUT2D eigenvalue weighted by Crippen LogP contribution is 2.34. The van der Waals surface area contributed by atoms with Crippen molar-refractivity contribution in [1.82, 2.24) is 9.97 Å². The highest BCUT2D eigenvalue weighted by atomic mass is 32.1. The number of aliphatic carboxylic acids is 1. The first-order valence-electron chi connectivity index (χ1n) is 10.7. The standard InChI is InChI=1S/C25H23N3O3S/c29-23(30)10-9-18(25-27-21-7-3-4-8-22(21)32-25)16-19-15-17-5-1-2-6-20(17)26-24(19)28-11-13-31-14-12-28/h1-8,15-16H,9-14H2,(H,29,30)/b18-16-. The maximum atomic E-state index is 11.4. The molecule has 0 bridgehead atoms. The van der Waals surface area contributed by atoms with Crippen LogP contribution in [0.2, 0.25) is 0 Å². The molecule has 0 atom stereocenters. The van der Waals surface area contributed by atoms with E-state index in [1.807, 2.05) is 42.5 Å². The number of carbonyl (C=O) groups is 1. The smallest absolute Gasteiger partial charge is 0.303 e. The van der Waals surface area contributed by atoms with Gasteiger partial charge in [-0.1, -0.05) is 30.3 Å². The number of para-hydroxylation sites is 2. The fourth-order valence-electron chi connectivity index (χ4n) is 3.94. The molecule has 0 saturated carbocycles. The molecule has 6 nitrogen and oxygen atoms in total. The van der Waals surface area contributed by atoms with Gasteiger partial charge < -0.3 is 14.7 Å². The highest BCUT2D eigenvalue weighted by molar-refractivity contribution is 7.19. The maximum Gasteiger partial charge on any atom is 0.303 e. The van der Waals surface area contributed by atoms with Crippen molar-refractivity contribution in [2.45, 2.75) is 12.8 Å². The first-order valence-corrected chi connectivity index (χ1v) is 11.5. The summed E-state index contributed by atoms with van der Waals surface area (Å²) in [6, 6.07) is 18.2. The van der Waals surface area contributed by atoms with Crippen LogP contribution in [0.25, 0.3) is 32.8 Å². The minimum Gasteiger partial charge on any atom is -0.481 e. The Balaban J connectivity index is 1.65. The first-order chi connectivity index (χ1) is 15.7. The molecule has 1 aliphatic heterocycles. The first kappa shape index (κ1) is 20.6. The number of carboxylic acids is 1. The Hall–Kier alpha value is -3.29. The third-order valence-electron chi connectivity index (χ3n) is 5.55. The molecule has 1 N–H and O–H groups in total. The summed E-state index contributed by atoms with van der Waals surface area (Å²) >= 11 is 1.60. The molecular weight excluding hydrogens is 422 g/mol. The Morgan fingerprint density at radius 3 is 2.56 bits per heavy atom. The van der Waals surface area contributed by atoms with Crippen LogP contribution in [0.5, 0.6) is 0 Å². The number of aromatic nitrogens is 2. The van der Waals surface area contributed by atoms with Crippen molar-refractivity contribution in [2.24, 2.45) is 0 Å². The van der Waals surface area contributed by atoms with Gasteiger partial charge in [-0.15, -0.1) is 11.3 Å². The zero-order chi connectivity index (χ0) is 21.9. The monoisotopic (exact) mass is 445 g/mol. The Labute approximate surface area is 189 Å². The number of benzene rings is 2.